The summed E-state index contributed by atoms with van der Waals surface area (Å²) >= 11 is 0. The number of phosphoric acid groups is 1. The zero-order valence-electron chi connectivity index (χ0n) is 22.9. The zero-order valence-corrected chi connectivity index (χ0v) is 23.8. The van der Waals surface area contributed by atoms with Crippen LogP contribution in [0.4, 0.5) is 0 Å². The third-order valence-electron chi connectivity index (χ3n) is 6.45. The Labute approximate surface area is 230 Å². The van der Waals surface area contributed by atoms with Crippen molar-refractivity contribution < 1.29 is 63.1 Å². The molecule has 0 amide bonds. The molecule has 8 atom stereocenters. The SMILES string of the molecule is CCCCCCCC(=O)OC[C@H](COP(=O)(O)OC1C(O)C(O)C(O)[C@@H](O)C1O)OC(=O)CCCCCCC. The van der Waals surface area contributed by atoms with E-state index in [1.54, 1.807) is 0 Å². The van der Waals surface area contributed by atoms with E-state index in [2.05, 4.69) is 13.8 Å². The summed E-state index contributed by atoms with van der Waals surface area (Å²) in [4.78, 5) is 34.5. The molecule has 1 aliphatic rings. The van der Waals surface area contributed by atoms with Gasteiger partial charge in [-0.2, -0.15) is 0 Å². The van der Waals surface area contributed by atoms with Gasteiger partial charge in [-0.05, 0) is 12.8 Å². The van der Waals surface area contributed by atoms with Crippen LogP contribution in [0.5, 0.6) is 0 Å². The normalized spacial score (nSPS) is 27.5. The maximum atomic E-state index is 12.5. The van der Waals surface area contributed by atoms with Crippen molar-refractivity contribution in [1.29, 1.82) is 0 Å². The van der Waals surface area contributed by atoms with Crippen molar-refractivity contribution in [2.24, 2.45) is 0 Å². The lowest BCUT2D eigenvalue weighted by atomic mass is 9.85. The second-order valence-corrected chi connectivity index (χ2v) is 11.3. The average Bonchev–Trinajstić information content (AvgIpc) is 2.90. The first-order valence-electron chi connectivity index (χ1n) is 13.8. The van der Waals surface area contributed by atoms with Gasteiger partial charge in [0.15, 0.2) is 6.10 Å². The fourth-order valence-electron chi connectivity index (χ4n) is 4.05. The quantitative estimate of drug-likeness (QED) is 0.0679. The summed E-state index contributed by atoms with van der Waals surface area (Å²) < 4.78 is 32.6. The maximum absolute atomic E-state index is 12.5. The van der Waals surface area contributed by atoms with Gasteiger partial charge in [-0.1, -0.05) is 65.2 Å². The number of phosphoric ester groups is 1. The number of aliphatic hydroxyl groups excluding tert-OH is 5. The predicted octanol–water partition coefficient (Wildman–Crippen LogP) is 1.48. The molecule has 0 radical (unpaired) electrons. The molecule has 6 N–H and O–H groups in total. The summed E-state index contributed by atoms with van der Waals surface area (Å²) in [5.41, 5.74) is 0. The lowest BCUT2D eigenvalue weighted by Crippen LogP contribution is -2.64. The van der Waals surface area contributed by atoms with Gasteiger partial charge in [0.2, 0.25) is 0 Å². The topological polar surface area (TPSA) is 210 Å². The number of ether oxygens (including phenoxy) is 2. The number of esters is 2. The van der Waals surface area contributed by atoms with E-state index in [1.165, 1.54) is 0 Å². The van der Waals surface area contributed by atoms with Crippen molar-refractivity contribution in [3.63, 3.8) is 0 Å². The Hall–Kier alpha value is -1.15. The van der Waals surface area contributed by atoms with Crippen molar-refractivity contribution >= 4 is 19.8 Å². The van der Waals surface area contributed by atoms with E-state index >= 15 is 0 Å². The average molecular weight is 587 g/mol. The fraction of sp³-hybridized carbons (Fsp3) is 0.920. The van der Waals surface area contributed by atoms with Gasteiger partial charge in [-0.15, -0.1) is 0 Å². The van der Waals surface area contributed by atoms with Crippen molar-refractivity contribution in [3.8, 4) is 0 Å². The Morgan fingerprint density at radius 2 is 1.15 bits per heavy atom. The number of carbonyl (C=O) groups excluding carboxylic acids is 2. The molecular weight excluding hydrogens is 539 g/mol. The molecule has 1 fully saturated rings. The molecule has 0 aromatic carbocycles. The minimum Gasteiger partial charge on any atom is -0.462 e. The molecule has 0 spiro atoms. The molecule has 0 saturated heterocycles. The van der Waals surface area contributed by atoms with Crippen LogP contribution >= 0.6 is 7.82 Å². The standard InChI is InChI=1S/C25H47O13P/c1-3-5-7-9-11-13-18(26)35-15-17(37-19(27)14-12-10-8-6-4-2)16-36-39(33,34)38-25-23(31)21(29)20(28)22(30)24(25)32/h17,20-25,28-32H,3-16H2,1-2H3,(H,33,34)/t17-,20?,21-,22?,23?,24?,25?/m1/s1. The molecule has 0 aromatic rings. The highest BCUT2D eigenvalue weighted by molar-refractivity contribution is 7.47. The van der Waals surface area contributed by atoms with E-state index in [0.29, 0.717) is 12.8 Å². The second kappa shape index (κ2) is 19.1. The monoisotopic (exact) mass is 586 g/mol. The smallest absolute Gasteiger partial charge is 0.462 e. The highest BCUT2D eigenvalue weighted by atomic mass is 31.2. The first kappa shape index (κ1) is 35.9. The lowest BCUT2D eigenvalue weighted by Gasteiger charge is -2.41. The fourth-order valence-corrected chi connectivity index (χ4v) is 5.02. The third kappa shape index (κ3) is 13.8. The van der Waals surface area contributed by atoms with Gasteiger partial charge in [0.05, 0.1) is 6.61 Å². The molecule has 0 aromatic heterocycles. The molecule has 13 nitrogen and oxygen atoms in total. The molecule has 1 saturated carbocycles. The van der Waals surface area contributed by atoms with Crippen molar-refractivity contribution in [2.75, 3.05) is 13.2 Å². The molecule has 39 heavy (non-hydrogen) atoms. The van der Waals surface area contributed by atoms with Crippen molar-refractivity contribution in [3.05, 3.63) is 0 Å². The molecule has 230 valence electrons. The molecule has 14 heteroatoms. The van der Waals surface area contributed by atoms with E-state index < -0.39 is 75.7 Å². The number of carbonyl (C=O) groups is 2. The van der Waals surface area contributed by atoms with Crippen LogP contribution in [0.2, 0.25) is 0 Å². The maximum Gasteiger partial charge on any atom is 0.472 e. The summed E-state index contributed by atoms with van der Waals surface area (Å²) in [5, 5.41) is 49.3. The van der Waals surface area contributed by atoms with Crippen LogP contribution in [0.25, 0.3) is 0 Å². The molecule has 1 aliphatic carbocycles. The number of rotatable bonds is 20. The lowest BCUT2D eigenvalue weighted by molar-refractivity contribution is -0.220. The second-order valence-electron chi connectivity index (χ2n) is 9.91. The predicted molar refractivity (Wildman–Crippen MR) is 138 cm³/mol. The van der Waals surface area contributed by atoms with Gasteiger partial charge < -0.3 is 39.9 Å². The minimum absolute atomic E-state index is 0.0947. The highest BCUT2D eigenvalue weighted by Crippen LogP contribution is 2.47. The van der Waals surface area contributed by atoms with Crippen LogP contribution < -0.4 is 0 Å². The summed E-state index contributed by atoms with van der Waals surface area (Å²) in [7, 11) is -5.07. The van der Waals surface area contributed by atoms with Crippen LogP contribution in [0.1, 0.15) is 90.9 Å². The Morgan fingerprint density at radius 1 is 0.692 bits per heavy atom. The minimum atomic E-state index is -5.07. The molecule has 0 heterocycles. The van der Waals surface area contributed by atoms with Gasteiger partial charge >= 0.3 is 19.8 Å². The largest absolute Gasteiger partial charge is 0.472 e. The van der Waals surface area contributed by atoms with E-state index in [1.807, 2.05) is 0 Å². The Bertz CT molecular complexity index is 735. The molecular formula is C25H47O13P. The van der Waals surface area contributed by atoms with E-state index in [4.69, 9.17) is 18.5 Å². The first-order chi connectivity index (χ1) is 18.4. The summed E-state index contributed by atoms with van der Waals surface area (Å²) in [6, 6.07) is 0. The zero-order chi connectivity index (χ0) is 29.4. The third-order valence-corrected chi connectivity index (χ3v) is 7.43. The number of aliphatic hydroxyl groups is 5. The summed E-state index contributed by atoms with van der Waals surface area (Å²) in [6.45, 7) is 2.98. The van der Waals surface area contributed by atoms with Gasteiger partial charge in [-0.25, -0.2) is 4.57 Å². The van der Waals surface area contributed by atoms with Crippen molar-refractivity contribution in [2.45, 2.75) is 134 Å². The molecule has 0 bridgehead atoms. The van der Waals surface area contributed by atoms with Gasteiger partial charge in [0.25, 0.3) is 0 Å². The van der Waals surface area contributed by atoms with Gasteiger partial charge in [-0.3, -0.25) is 18.6 Å². The van der Waals surface area contributed by atoms with Crippen LogP contribution in [0.15, 0.2) is 0 Å². The summed E-state index contributed by atoms with van der Waals surface area (Å²) in [5.74, 6) is -1.13. The Balaban J connectivity index is 2.70. The van der Waals surface area contributed by atoms with Crippen LogP contribution in [0.3, 0.4) is 0 Å². The van der Waals surface area contributed by atoms with E-state index in [9.17, 15) is 44.6 Å². The van der Waals surface area contributed by atoms with Gasteiger partial charge in [0.1, 0.15) is 43.2 Å². The number of hydrogen-bond acceptors (Lipinski definition) is 12. The van der Waals surface area contributed by atoms with Crippen LogP contribution in [0, 0.1) is 0 Å². The Kier molecular flexibility index (Phi) is 17.5. The number of hydrogen-bond donors (Lipinski definition) is 6. The molecule has 1 rings (SSSR count). The summed E-state index contributed by atoms with van der Waals surface area (Å²) in [6.07, 6.45) is -3.78. The molecule has 0 aliphatic heterocycles. The van der Waals surface area contributed by atoms with Crippen LogP contribution in [-0.4, -0.2) is 98.3 Å². The first-order valence-corrected chi connectivity index (χ1v) is 15.3. The van der Waals surface area contributed by atoms with Gasteiger partial charge in [0, 0.05) is 12.8 Å². The molecule has 6 unspecified atom stereocenters. The highest BCUT2D eigenvalue weighted by Gasteiger charge is 2.51. The van der Waals surface area contributed by atoms with E-state index in [0.717, 1.165) is 51.4 Å². The van der Waals surface area contributed by atoms with Crippen molar-refractivity contribution in [1.82, 2.24) is 0 Å². The number of unbranched alkanes of at least 4 members (excludes halogenated alkanes) is 8. The van der Waals surface area contributed by atoms with E-state index in [-0.39, 0.29) is 12.8 Å². The van der Waals surface area contributed by atoms with Crippen LogP contribution in [-0.2, 0) is 32.7 Å². The Morgan fingerprint density at radius 3 is 1.67 bits per heavy atom.